The predicted molar refractivity (Wildman–Crippen MR) is 76.3 cm³/mol. The lowest BCUT2D eigenvalue weighted by Gasteiger charge is -2.13. The van der Waals surface area contributed by atoms with Gasteiger partial charge in [0.2, 0.25) is 0 Å². The van der Waals surface area contributed by atoms with Crippen LogP contribution < -0.4 is 16.4 Å². The molecular weight excluding hydrogens is 240 g/mol. The lowest BCUT2D eigenvalue weighted by molar-refractivity contribution is 0.713. The molecule has 0 aromatic carbocycles. The summed E-state index contributed by atoms with van der Waals surface area (Å²) in [6.45, 7) is 2.73. The Morgan fingerprint density at radius 3 is 2.89 bits per heavy atom. The standard InChI is InChI=1S/C13H18N6/c1-10(4-5-14)18-12-7-13(17-9-16-12)19-11-3-2-6-15-8-11/h2-3,6-10H,4-5,14H2,1H3,(H2,16,17,18,19). The molecule has 0 radical (unpaired) electrons. The van der Waals surface area contributed by atoms with Gasteiger partial charge in [-0.25, -0.2) is 9.97 Å². The number of pyridine rings is 1. The van der Waals surface area contributed by atoms with E-state index in [4.69, 9.17) is 5.73 Å². The summed E-state index contributed by atoms with van der Waals surface area (Å²) in [5.74, 6) is 1.51. The van der Waals surface area contributed by atoms with E-state index in [0.29, 0.717) is 6.54 Å². The Morgan fingerprint density at radius 1 is 1.32 bits per heavy atom. The largest absolute Gasteiger partial charge is 0.367 e. The average Bonchev–Trinajstić information content (AvgIpc) is 2.40. The van der Waals surface area contributed by atoms with Crippen LogP contribution in [0, 0.1) is 0 Å². The second kappa shape index (κ2) is 6.65. The molecule has 0 aliphatic carbocycles. The van der Waals surface area contributed by atoms with Crippen LogP contribution in [-0.4, -0.2) is 27.5 Å². The molecule has 0 saturated carbocycles. The highest BCUT2D eigenvalue weighted by molar-refractivity contribution is 5.57. The topological polar surface area (TPSA) is 88.8 Å². The third-order valence-electron chi connectivity index (χ3n) is 2.59. The van der Waals surface area contributed by atoms with E-state index in [0.717, 1.165) is 23.7 Å². The molecule has 1 atom stereocenters. The molecule has 0 aliphatic rings. The van der Waals surface area contributed by atoms with Gasteiger partial charge in [0.15, 0.2) is 0 Å². The molecule has 0 amide bonds. The zero-order valence-electron chi connectivity index (χ0n) is 10.9. The Hall–Kier alpha value is -2.21. The molecule has 2 rings (SSSR count). The van der Waals surface area contributed by atoms with Gasteiger partial charge in [-0.1, -0.05) is 0 Å². The first-order valence-electron chi connectivity index (χ1n) is 6.23. The number of hydrogen-bond acceptors (Lipinski definition) is 6. The van der Waals surface area contributed by atoms with Gasteiger partial charge in [-0.2, -0.15) is 0 Å². The van der Waals surface area contributed by atoms with Crippen LogP contribution in [-0.2, 0) is 0 Å². The molecule has 2 aromatic heterocycles. The first-order chi connectivity index (χ1) is 9.28. The van der Waals surface area contributed by atoms with E-state index < -0.39 is 0 Å². The molecule has 0 spiro atoms. The molecular formula is C13H18N6. The van der Waals surface area contributed by atoms with Gasteiger partial charge < -0.3 is 16.4 Å². The van der Waals surface area contributed by atoms with E-state index >= 15 is 0 Å². The van der Waals surface area contributed by atoms with E-state index in [1.54, 1.807) is 12.4 Å². The quantitative estimate of drug-likeness (QED) is 0.731. The van der Waals surface area contributed by atoms with Crippen molar-refractivity contribution in [2.75, 3.05) is 17.2 Å². The summed E-state index contributed by atoms with van der Waals surface area (Å²) in [5.41, 5.74) is 6.41. The van der Waals surface area contributed by atoms with Gasteiger partial charge in [0, 0.05) is 18.3 Å². The van der Waals surface area contributed by atoms with E-state index in [-0.39, 0.29) is 6.04 Å². The minimum Gasteiger partial charge on any atom is -0.367 e. The highest BCUT2D eigenvalue weighted by atomic mass is 15.1. The second-order valence-electron chi connectivity index (χ2n) is 4.28. The molecule has 19 heavy (non-hydrogen) atoms. The molecule has 0 fully saturated rings. The SMILES string of the molecule is CC(CCN)Nc1cc(Nc2cccnc2)ncn1. The van der Waals surface area contributed by atoms with Crippen LogP contribution in [0.15, 0.2) is 36.9 Å². The molecule has 0 saturated heterocycles. The fourth-order valence-corrected chi connectivity index (χ4v) is 1.66. The average molecular weight is 258 g/mol. The van der Waals surface area contributed by atoms with Gasteiger partial charge in [-0.15, -0.1) is 0 Å². The van der Waals surface area contributed by atoms with Crippen LogP contribution in [0.5, 0.6) is 0 Å². The molecule has 6 heteroatoms. The summed E-state index contributed by atoms with van der Waals surface area (Å²) in [6.07, 6.45) is 5.89. The highest BCUT2D eigenvalue weighted by Crippen LogP contribution is 2.15. The van der Waals surface area contributed by atoms with Crippen molar-refractivity contribution in [3.63, 3.8) is 0 Å². The van der Waals surface area contributed by atoms with Crippen LogP contribution >= 0.6 is 0 Å². The third-order valence-corrected chi connectivity index (χ3v) is 2.59. The summed E-state index contributed by atoms with van der Waals surface area (Å²) >= 11 is 0. The number of nitrogens with two attached hydrogens (primary N) is 1. The zero-order chi connectivity index (χ0) is 13.5. The Kier molecular flexibility index (Phi) is 4.63. The van der Waals surface area contributed by atoms with Crippen LogP contribution in [0.25, 0.3) is 0 Å². The van der Waals surface area contributed by atoms with Crippen molar-refractivity contribution in [2.45, 2.75) is 19.4 Å². The van der Waals surface area contributed by atoms with Crippen molar-refractivity contribution >= 4 is 17.3 Å². The van der Waals surface area contributed by atoms with Crippen molar-refractivity contribution in [3.05, 3.63) is 36.9 Å². The summed E-state index contributed by atoms with van der Waals surface area (Å²) in [5, 5.41) is 6.45. The van der Waals surface area contributed by atoms with Crippen molar-refractivity contribution in [3.8, 4) is 0 Å². The summed E-state index contributed by atoms with van der Waals surface area (Å²) < 4.78 is 0. The minimum absolute atomic E-state index is 0.283. The Bertz CT molecular complexity index is 501. The Labute approximate surface area is 112 Å². The zero-order valence-corrected chi connectivity index (χ0v) is 10.9. The van der Waals surface area contributed by atoms with E-state index in [1.165, 1.54) is 6.33 Å². The van der Waals surface area contributed by atoms with Crippen molar-refractivity contribution in [1.29, 1.82) is 0 Å². The highest BCUT2D eigenvalue weighted by Gasteiger charge is 2.03. The third kappa shape index (κ3) is 4.18. The Balaban J connectivity index is 2.03. The fourth-order valence-electron chi connectivity index (χ4n) is 1.66. The van der Waals surface area contributed by atoms with Gasteiger partial charge in [-0.05, 0) is 32.0 Å². The second-order valence-corrected chi connectivity index (χ2v) is 4.28. The summed E-state index contributed by atoms with van der Waals surface area (Å²) in [7, 11) is 0. The van der Waals surface area contributed by atoms with Gasteiger partial charge in [0.05, 0.1) is 11.9 Å². The summed E-state index contributed by atoms with van der Waals surface area (Å²) in [6, 6.07) is 5.94. The monoisotopic (exact) mass is 258 g/mol. The maximum Gasteiger partial charge on any atom is 0.135 e. The Morgan fingerprint density at radius 2 is 2.16 bits per heavy atom. The van der Waals surface area contributed by atoms with Gasteiger partial charge in [-0.3, -0.25) is 4.98 Å². The van der Waals surface area contributed by atoms with Crippen molar-refractivity contribution in [2.24, 2.45) is 5.73 Å². The van der Waals surface area contributed by atoms with Crippen LogP contribution in [0.4, 0.5) is 17.3 Å². The van der Waals surface area contributed by atoms with Gasteiger partial charge in [0.1, 0.15) is 18.0 Å². The summed E-state index contributed by atoms with van der Waals surface area (Å²) in [4.78, 5) is 12.4. The molecule has 0 bridgehead atoms. The lowest BCUT2D eigenvalue weighted by atomic mass is 10.2. The maximum atomic E-state index is 5.52. The first-order valence-corrected chi connectivity index (χ1v) is 6.23. The minimum atomic E-state index is 0.283. The van der Waals surface area contributed by atoms with E-state index in [2.05, 4.69) is 32.5 Å². The number of hydrogen-bond donors (Lipinski definition) is 3. The van der Waals surface area contributed by atoms with Crippen LogP contribution in [0.3, 0.4) is 0 Å². The molecule has 2 heterocycles. The normalized spacial score (nSPS) is 11.9. The number of nitrogens with zero attached hydrogens (tertiary/aromatic N) is 3. The number of rotatable bonds is 6. The molecule has 2 aromatic rings. The van der Waals surface area contributed by atoms with Crippen molar-refractivity contribution in [1.82, 2.24) is 15.0 Å². The fraction of sp³-hybridized carbons (Fsp3) is 0.308. The molecule has 6 nitrogen and oxygen atoms in total. The molecule has 0 aliphatic heterocycles. The molecule has 100 valence electrons. The van der Waals surface area contributed by atoms with Crippen LogP contribution in [0.1, 0.15) is 13.3 Å². The number of nitrogens with one attached hydrogen (secondary N) is 2. The number of anilines is 3. The van der Waals surface area contributed by atoms with Gasteiger partial charge >= 0.3 is 0 Å². The predicted octanol–water partition coefficient (Wildman–Crippen LogP) is 1.76. The molecule has 4 N–H and O–H groups in total. The smallest absolute Gasteiger partial charge is 0.135 e. The number of aromatic nitrogens is 3. The maximum absolute atomic E-state index is 5.52. The van der Waals surface area contributed by atoms with Gasteiger partial charge in [0.25, 0.3) is 0 Å². The van der Waals surface area contributed by atoms with Crippen molar-refractivity contribution < 1.29 is 0 Å². The van der Waals surface area contributed by atoms with E-state index in [1.807, 2.05) is 18.2 Å². The lowest BCUT2D eigenvalue weighted by Crippen LogP contribution is -2.20. The van der Waals surface area contributed by atoms with E-state index in [9.17, 15) is 0 Å². The van der Waals surface area contributed by atoms with Crippen LogP contribution in [0.2, 0.25) is 0 Å². The first kappa shape index (κ1) is 13.2. The molecule has 1 unspecified atom stereocenters.